The highest BCUT2D eigenvalue weighted by Crippen LogP contribution is 2.11. The Hall–Kier alpha value is -1.84. The van der Waals surface area contributed by atoms with E-state index in [1.807, 2.05) is 38.1 Å². The SMILES string of the molecule is CC[C@@H](C)/C(C)=N\NC(=O)COc1cccc(C)c1. The number of carbonyl (C=O) groups is 1. The number of aryl methyl sites for hydroxylation is 1. The van der Waals surface area contributed by atoms with Crippen LogP contribution in [-0.2, 0) is 4.79 Å². The highest BCUT2D eigenvalue weighted by atomic mass is 16.5. The predicted molar refractivity (Wildman–Crippen MR) is 77.4 cm³/mol. The van der Waals surface area contributed by atoms with Gasteiger partial charge in [0.25, 0.3) is 5.91 Å². The van der Waals surface area contributed by atoms with Gasteiger partial charge in [-0.25, -0.2) is 5.43 Å². The summed E-state index contributed by atoms with van der Waals surface area (Å²) in [5.74, 6) is 0.819. The topological polar surface area (TPSA) is 50.7 Å². The maximum absolute atomic E-state index is 11.6. The first-order valence-electron chi connectivity index (χ1n) is 6.55. The smallest absolute Gasteiger partial charge is 0.277 e. The molecule has 104 valence electrons. The number of carbonyl (C=O) groups excluding carboxylic acids is 1. The Balaban J connectivity index is 2.40. The third-order valence-corrected chi connectivity index (χ3v) is 3.04. The Morgan fingerprint density at radius 3 is 2.84 bits per heavy atom. The summed E-state index contributed by atoms with van der Waals surface area (Å²) < 4.78 is 5.39. The molecule has 0 aliphatic rings. The van der Waals surface area contributed by atoms with Gasteiger partial charge in [-0.15, -0.1) is 0 Å². The summed E-state index contributed by atoms with van der Waals surface area (Å²) in [6, 6.07) is 7.59. The highest BCUT2D eigenvalue weighted by molar-refractivity contribution is 5.86. The monoisotopic (exact) mass is 262 g/mol. The molecule has 1 aromatic rings. The Bertz CT molecular complexity index is 455. The zero-order valence-corrected chi connectivity index (χ0v) is 12.1. The number of nitrogens with zero attached hydrogens (tertiary/aromatic N) is 1. The second-order valence-corrected chi connectivity index (χ2v) is 4.70. The summed E-state index contributed by atoms with van der Waals surface area (Å²) in [7, 11) is 0. The van der Waals surface area contributed by atoms with Crippen molar-refractivity contribution in [3.63, 3.8) is 0 Å². The molecule has 4 nitrogen and oxygen atoms in total. The van der Waals surface area contributed by atoms with E-state index in [1.165, 1.54) is 0 Å². The van der Waals surface area contributed by atoms with Gasteiger partial charge in [-0.1, -0.05) is 26.0 Å². The molecule has 1 aromatic carbocycles. The van der Waals surface area contributed by atoms with Gasteiger partial charge in [-0.05, 0) is 43.9 Å². The molecule has 0 bridgehead atoms. The minimum atomic E-state index is -0.246. The minimum Gasteiger partial charge on any atom is -0.484 e. The lowest BCUT2D eigenvalue weighted by Crippen LogP contribution is -2.26. The lowest BCUT2D eigenvalue weighted by atomic mass is 10.1. The van der Waals surface area contributed by atoms with Gasteiger partial charge >= 0.3 is 0 Å². The number of hydrogen-bond acceptors (Lipinski definition) is 3. The minimum absolute atomic E-state index is 0.0270. The van der Waals surface area contributed by atoms with Gasteiger partial charge in [0.05, 0.1) is 0 Å². The second kappa shape index (κ2) is 7.56. The zero-order valence-electron chi connectivity index (χ0n) is 12.1. The van der Waals surface area contributed by atoms with Crippen LogP contribution in [0.1, 0.15) is 32.8 Å². The van der Waals surface area contributed by atoms with Gasteiger partial charge in [0.1, 0.15) is 5.75 Å². The molecule has 0 radical (unpaired) electrons. The van der Waals surface area contributed by atoms with Crippen LogP contribution in [0.5, 0.6) is 5.75 Å². The van der Waals surface area contributed by atoms with E-state index < -0.39 is 0 Å². The van der Waals surface area contributed by atoms with Crippen LogP contribution >= 0.6 is 0 Å². The van der Waals surface area contributed by atoms with Gasteiger partial charge in [-0.3, -0.25) is 4.79 Å². The lowest BCUT2D eigenvalue weighted by molar-refractivity contribution is -0.123. The molecular formula is C15H22N2O2. The molecule has 0 spiro atoms. The van der Waals surface area contributed by atoms with Crippen molar-refractivity contribution in [1.82, 2.24) is 5.43 Å². The first kappa shape index (κ1) is 15.2. The summed E-state index contributed by atoms with van der Waals surface area (Å²) in [4.78, 5) is 11.6. The third-order valence-electron chi connectivity index (χ3n) is 3.04. The summed E-state index contributed by atoms with van der Waals surface area (Å²) in [6.45, 7) is 8.03. The molecular weight excluding hydrogens is 240 g/mol. The highest BCUT2D eigenvalue weighted by Gasteiger charge is 2.05. The van der Waals surface area contributed by atoms with Gasteiger partial charge in [-0.2, -0.15) is 5.10 Å². The second-order valence-electron chi connectivity index (χ2n) is 4.70. The molecule has 0 heterocycles. The van der Waals surface area contributed by atoms with E-state index in [1.54, 1.807) is 0 Å². The van der Waals surface area contributed by atoms with Crippen LogP contribution in [0.25, 0.3) is 0 Å². The van der Waals surface area contributed by atoms with Crippen molar-refractivity contribution < 1.29 is 9.53 Å². The van der Waals surface area contributed by atoms with E-state index in [4.69, 9.17) is 4.74 Å². The van der Waals surface area contributed by atoms with E-state index in [0.717, 1.165) is 17.7 Å². The van der Waals surface area contributed by atoms with Crippen molar-refractivity contribution in [2.75, 3.05) is 6.61 Å². The molecule has 1 rings (SSSR count). The molecule has 0 unspecified atom stereocenters. The fourth-order valence-corrected chi connectivity index (χ4v) is 1.44. The number of hydrazone groups is 1. The van der Waals surface area contributed by atoms with E-state index in [0.29, 0.717) is 11.7 Å². The summed E-state index contributed by atoms with van der Waals surface area (Å²) in [6.07, 6.45) is 1.00. The van der Waals surface area contributed by atoms with Gasteiger partial charge in [0.2, 0.25) is 0 Å². The van der Waals surface area contributed by atoms with Crippen LogP contribution in [0.3, 0.4) is 0 Å². The Morgan fingerprint density at radius 1 is 1.47 bits per heavy atom. The Labute approximate surface area is 114 Å². The molecule has 1 N–H and O–H groups in total. The van der Waals surface area contributed by atoms with E-state index >= 15 is 0 Å². The van der Waals surface area contributed by atoms with Crippen molar-refractivity contribution in [3.8, 4) is 5.75 Å². The molecule has 1 atom stereocenters. The maximum Gasteiger partial charge on any atom is 0.277 e. The molecule has 1 amide bonds. The van der Waals surface area contributed by atoms with Crippen molar-refractivity contribution in [2.45, 2.75) is 34.1 Å². The quantitative estimate of drug-likeness (QED) is 0.633. The van der Waals surface area contributed by atoms with E-state index in [9.17, 15) is 4.79 Å². The summed E-state index contributed by atoms with van der Waals surface area (Å²) >= 11 is 0. The average molecular weight is 262 g/mol. The zero-order chi connectivity index (χ0) is 14.3. The molecule has 0 aliphatic carbocycles. The molecule has 0 fully saturated rings. The molecule has 0 saturated carbocycles. The van der Waals surface area contributed by atoms with Gasteiger partial charge in [0.15, 0.2) is 6.61 Å². The average Bonchev–Trinajstić information content (AvgIpc) is 2.41. The Kier molecular flexibility index (Phi) is 6.06. The van der Waals surface area contributed by atoms with E-state index in [2.05, 4.69) is 24.4 Å². The molecule has 0 aromatic heterocycles. The fraction of sp³-hybridized carbons (Fsp3) is 0.467. The fourth-order valence-electron chi connectivity index (χ4n) is 1.44. The predicted octanol–water partition coefficient (Wildman–Crippen LogP) is 2.91. The van der Waals surface area contributed by atoms with Crippen LogP contribution in [0.15, 0.2) is 29.4 Å². The van der Waals surface area contributed by atoms with Crippen LogP contribution < -0.4 is 10.2 Å². The first-order valence-corrected chi connectivity index (χ1v) is 6.55. The number of benzene rings is 1. The number of hydrogen-bond donors (Lipinski definition) is 1. The summed E-state index contributed by atoms with van der Waals surface area (Å²) in [5.41, 5.74) is 4.53. The number of amides is 1. The number of ether oxygens (including phenoxy) is 1. The van der Waals surface area contributed by atoms with Crippen molar-refractivity contribution in [1.29, 1.82) is 0 Å². The van der Waals surface area contributed by atoms with Crippen molar-refractivity contribution in [2.24, 2.45) is 11.0 Å². The van der Waals surface area contributed by atoms with Crippen LogP contribution in [0, 0.1) is 12.8 Å². The molecule has 0 aliphatic heterocycles. The van der Waals surface area contributed by atoms with Gasteiger partial charge < -0.3 is 4.74 Å². The number of nitrogens with one attached hydrogen (secondary N) is 1. The van der Waals surface area contributed by atoms with Gasteiger partial charge in [0, 0.05) is 5.71 Å². The number of rotatable bonds is 6. The third kappa shape index (κ3) is 5.55. The first-order chi connectivity index (χ1) is 9.02. The lowest BCUT2D eigenvalue weighted by Gasteiger charge is -2.09. The van der Waals surface area contributed by atoms with Crippen molar-refractivity contribution >= 4 is 11.6 Å². The van der Waals surface area contributed by atoms with Crippen molar-refractivity contribution in [3.05, 3.63) is 29.8 Å². The molecule has 0 saturated heterocycles. The van der Waals surface area contributed by atoms with Crippen LogP contribution in [0.2, 0.25) is 0 Å². The normalized spacial score (nSPS) is 12.9. The van der Waals surface area contributed by atoms with Crippen LogP contribution in [-0.4, -0.2) is 18.2 Å². The van der Waals surface area contributed by atoms with Crippen LogP contribution in [0.4, 0.5) is 0 Å². The summed E-state index contributed by atoms with van der Waals surface area (Å²) in [5, 5.41) is 4.06. The largest absolute Gasteiger partial charge is 0.484 e. The molecule has 19 heavy (non-hydrogen) atoms. The maximum atomic E-state index is 11.6. The van der Waals surface area contributed by atoms with E-state index in [-0.39, 0.29) is 12.5 Å². The standard InChI is InChI=1S/C15H22N2O2/c1-5-12(3)13(4)16-17-15(18)10-19-14-8-6-7-11(2)9-14/h6-9,12H,5,10H2,1-4H3,(H,17,18)/b16-13-/t12-/m1/s1. The Morgan fingerprint density at radius 2 is 2.21 bits per heavy atom. The molecule has 4 heteroatoms.